The zero-order valence-electron chi connectivity index (χ0n) is 24.3. The van der Waals surface area contributed by atoms with Crippen molar-refractivity contribution in [1.82, 2.24) is 39.9 Å². The van der Waals surface area contributed by atoms with Crippen LogP contribution >= 0.6 is 0 Å². The number of hydrogen-bond acceptors (Lipinski definition) is 7. The summed E-state index contributed by atoms with van der Waals surface area (Å²) in [6.45, 7) is 4.37. The standard InChI is InChI=1S/C33H33FN8O/c1-41(2)20-21-9-23(16-35-15-21)29-14-27-32(19-37-29)39-40-33(27)30-13-26-28(17-36-18-31(26)38-30)22-10-24(34)12-25(11-22)43-8-7-42-5-3-4-6-42/h9-19,38H,3-8,20H2,1-2H3,(H,39,40). The molecular formula is C33H33FN8O. The molecule has 6 heterocycles. The predicted molar refractivity (Wildman–Crippen MR) is 166 cm³/mol. The smallest absolute Gasteiger partial charge is 0.127 e. The van der Waals surface area contributed by atoms with Crippen LogP contribution in [0.1, 0.15) is 18.4 Å². The molecule has 7 rings (SSSR count). The molecule has 0 bridgehead atoms. The van der Waals surface area contributed by atoms with Gasteiger partial charge >= 0.3 is 0 Å². The summed E-state index contributed by atoms with van der Waals surface area (Å²) in [6.07, 6.45) is 11.5. The Bertz CT molecular complexity index is 1910. The molecule has 5 aromatic heterocycles. The summed E-state index contributed by atoms with van der Waals surface area (Å²) in [4.78, 5) is 21.5. The number of likely N-dealkylation sites (tertiary alicyclic amines) is 1. The Hall–Kier alpha value is -4.67. The Balaban J connectivity index is 1.21. The van der Waals surface area contributed by atoms with Gasteiger partial charge in [-0.05, 0) is 81.5 Å². The first-order chi connectivity index (χ1) is 21.0. The van der Waals surface area contributed by atoms with E-state index in [-0.39, 0.29) is 5.82 Å². The van der Waals surface area contributed by atoms with Crippen LogP contribution in [0.2, 0.25) is 0 Å². The van der Waals surface area contributed by atoms with Gasteiger partial charge in [0.1, 0.15) is 23.9 Å². The van der Waals surface area contributed by atoms with Gasteiger partial charge in [0, 0.05) is 59.6 Å². The largest absolute Gasteiger partial charge is 0.492 e. The highest BCUT2D eigenvalue weighted by Gasteiger charge is 2.17. The average molecular weight is 577 g/mol. The van der Waals surface area contributed by atoms with Gasteiger partial charge in [-0.2, -0.15) is 5.10 Å². The van der Waals surface area contributed by atoms with Crippen LogP contribution in [-0.4, -0.2) is 80.3 Å². The number of aromatic nitrogens is 6. The SMILES string of the molecule is CN(C)Cc1cncc(-c2cc3c(-c4cc5c(-c6cc(F)cc(OCCN7CCCC7)c6)cncc5[nH]4)n[nH]c3cn2)c1. The van der Waals surface area contributed by atoms with Gasteiger partial charge in [-0.1, -0.05) is 0 Å². The van der Waals surface area contributed by atoms with E-state index in [0.29, 0.717) is 17.9 Å². The van der Waals surface area contributed by atoms with Crippen molar-refractivity contribution in [3.05, 3.63) is 78.8 Å². The lowest BCUT2D eigenvalue weighted by molar-refractivity contribution is 0.237. The maximum absolute atomic E-state index is 14.8. The van der Waals surface area contributed by atoms with Gasteiger partial charge in [0.15, 0.2) is 0 Å². The highest BCUT2D eigenvalue weighted by Crippen LogP contribution is 2.35. The Morgan fingerprint density at radius 1 is 0.884 bits per heavy atom. The second-order valence-electron chi connectivity index (χ2n) is 11.4. The maximum atomic E-state index is 14.8. The summed E-state index contributed by atoms with van der Waals surface area (Å²) < 4.78 is 20.7. The van der Waals surface area contributed by atoms with Crippen LogP contribution in [0, 0.1) is 5.82 Å². The van der Waals surface area contributed by atoms with Crippen LogP contribution in [0.25, 0.3) is 55.6 Å². The lowest BCUT2D eigenvalue weighted by Crippen LogP contribution is -2.25. The van der Waals surface area contributed by atoms with Crippen molar-refractivity contribution >= 4 is 21.8 Å². The van der Waals surface area contributed by atoms with Gasteiger partial charge in [0.2, 0.25) is 0 Å². The fourth-order valence-corrected chi connectivity index (χ4v) is 5.87. The monoisotopic (exact) mass is 576 g/mol. The number of nitrogens with zero attached hydrogens (tertiary/aromatic N) is 6. The van der Waals surface area contributed by atoms with Gasteiger partial charge < -0.3 is 14.6 Å². The number of hydrogen-bond donors (Lipinski definition) is 2. The molecule has 0 radical (unpaired) electrons. The van der Waals surface area contributed by atoms with E-state index >= 15 is 0 Å². The molecule has 0 saturated carbocycles. The molecule has 1 aliphatic rings. The number of rotatable bonds is 9. The molecule has 10 heteroatoms. The predicted octanol–water partition coefficient (Wildman–Crippen LogP) is 5.91. The fraction of sp³-hybridized carbons (Fsp3) is 0.273. The van der Waals surface area contributed by atoms with E-state index in [9.17, 15) is 4.39 Å². The lowest BCUT2D eigenvalue weighted by atomic mass is 10.0. The van der Waals surface area contributed by atoms with E-state index in [2.05, 4.69) is 46.0 Å². The molecule has 43 heavy (non-hydrogen) atoms. The minimum absolute atomic E-state index is 0.344. The Labute approximate surface area is 248 Å². The Morgan fingerprint density at radius 3 is 2.60 bits per heavy atom. The number of benzene rings is 1. The van der Waals surface area contributed by atoms with Gasteiger partial charge in [-0.3, -0.25) is 25.0 Å². The molecule has 1 saturated heterocycles. The third kappa shape index (κ3) is 5.71. The van der Waals surface area contributed by atoms with E-state index in [1.54, 1.807) is 18.6 Å². The number of fused-ring (bicyclic) bond motifs is 2. The summed E-state index contributed by atoms with van der Waals surface area (Å²) in [7, 11) is 4.07. The van der Waals surface area contributed by atoms with Crippen molar-refractivity contribution in [1.29, 1.82) is 0 Å². The summed E-state index contributed by atoms with van der Waals surface area (Å²) in [5.74, 6) is 0.174. The van der Waals surface area contributed by atoms with Crippen LogP contribution in [-0.2, 0) is 6.54 Å². The molecule has 2 N–H and O–H groups in total. The van der Waals surface area contributed by atoms with E-state index in [1.165, 1.54) is 25.0 Å². The summed E-state index contributed by atoms with van der Waals surface area (Å²) >= 11 is 0. The number of ether oxygens (including phenoxy) is 1. The van der Waals surface area contributed by atoms with Gasteiger partial charge in [0.25, 0.3) is 0 Å². The maximum Gasteiger partial charge on any atom is 0.127 e. The van der Waals surface area contributed by atoms with Crippen molar-refractivity contribution in [2.24, 2.45) is 0 Å². The first-order valence-electron chi connectivity index (χ1n) is 14.6. The third-order valence-corrected chi connectivity index (χ3v) is 7.89. The number of nitrogens with one attached hydrogen (secondary N) is 2. The van der Waals surface area contributed by atoms with Crippen molar-refractivity contribution in [2.75, 3.05) is 40.3 Å². The van der Waals surface area contributed by atoms with Crippen molar-refractivity contribution in [3.63, 3.8) is 0 Å². The molecule has 6 aromatic rings. The Morgan fingerprint density at radius 2 is 1.74 bits per heavy atom. The zero-order valence-corrected chi connectivity index (χ0v) is 24.3. The normalized spacial score (nSPS) is 14.0. The van der Waals surface area contributed by atoms with Crippen LogP contribution in [0.5, 0.6) is 5.75 Å². The first kappa shape index (κ1) is 27.2. The van der Waals surface area contributed by atoms with E-state index in [1.807, 2.05) is 44.7 Å². The number of pyridine rings is 3. The Kier molecular flexibility index (Phi) is 7.30. The minimum atomic E-state index is -0.344. The summed E-state index contributed by atoms with van der Waals surface area (Å²) in [5, 5.41) is 9.59. The lowest BCUT2D eigenvalue weighted by Gasteiger charge is -2.15. The van der Waals surface area contributed by atoms with Crippen molar-refractivity contribution in [2.45, 2.75) is 19.4 Å². The molecule has 0 spiro atoms. The van der Waals surface area contributed by atoms with E-state index < -0.39 is 0 Å². The van der Waals surface area contributed by atoms with E-state index in [0.717, 1.165) is 81.8 Å². The number of H-pyrrole nitrogens is 2. The minimum Gasteiger partial charge on any atom is -0.492 e. The molecule has 1 fully saturated rings. The van der Waals surface area contributed by atoms with Crippen LogP contribution in [0.4, 0.5) is 4.39 Å². The van der Waals surface area contributed by atoms with Crippen LogP contribution in [0.3, 0.4) is 0 Å². The second-order valence-corrected chi connectivity index (χ2v) is 11.4. The number of halogens is 1. The molecule has 1 aliphatic heterocycles. The molecule has 9 nitrogen and oxygen atoms in total. The second kappa shape index (κ2) is 11.5. The van der Waals surface area contributed by atoms with Crippen LogP contribution in [0.15, 0.2) is 67.4 Å². The fourth-order valence-electron chi connectivity index (χ4n) is 5.87. The molecule has 0 atom stereocenters. The number of aromatic amines is 2. The third-order valence-electron chi connectivity index (χ3n) is 7.89. The van der Waals surface area contributed by atoms with Crippen LogP contribution < -0.4 is 4.74 Å². The molecule has 0 amide bonds. The van der Waals surface area contributed by atoms with Gasteiger partial charge in [-0.15, -0.1) is 0 Å². The topological polar surface area (TPSA) is 98.9 Å². The summed E-state index contributed by atoms with van der Waals surface area (Å²) in [6, 6.07) is 11.0. The zero-order chi connectivity index (χ0) is 29.3. The summed E-state index contributed by atoms with van der Waals surface area (Å²) in [5.41, 5.74) is 7.66. The van der Waals surface area contributed by atoms with Crippen molar-refractivity contribution in [3.8, 4) is 39.5 Å². The van der Waals surface area contributed by atoms with Gasteiger partial charge in [0.05, 0.1) is 34.8 Å². The molecule has 0 aliphatic carbocycles. The highest BCUT2D eigenvalue weighted by molar-refractivity contribution is 6.01. The highest BCUT2D eigenvalue weighted by atomic mass is 19.1. The average Bonchev–Trinajstić information content (AvgIpc) is 3.76. The van der Waals surface area contributed by atoms with E-state index in [4.69, 9.17) is 4.74 Å². The first-order valence-corrected chi connectivity index (χ1v) is 14.6. The molecule has 0 unspecified atom stereocenters. The molecule has 218 valence electrons. The molecule has 1 aromatic carbocycles. The van der Waals surface area contributed by atoms with Gasteiger partial charge in [-0.25, -0.2) is 4.39 Å². The molecular weight excluding hydrogens is 543 g/mol. The van der Waals surface area contributed by atoms with Crippen molar-refractivity contribution < 1.29 is 9.13 Å². The quantitative estimate of drug-likeness (QED) is 0.221.